The van der Waals surface area contributed by atoms with Crippen LogP contribution in [0, 0.1) is 0 Å². The first kappa shape index (κ1) is 11.2. The van der Waals surface area contributed by atoms with Crippen LogP contribution in [-0.2, 0) is 0 Å². The number of nitrogens with one attached hydrogen (secondary N) is 1. The van der Waals surface area contributed by atoms with Crippen LogP contribution < -0.4 is 5.32 Å². The molecule has 0 spiro atoms. The Hall–Kier alpha value is -0.820. The molecule has 0 saturated heterocycles. The van der Waals surface area contributed by atoms with Gasteiger partial charge in [-0.3, -0.25) is 0 Å². The van der Waals surface area contributed by atoms with Gasteiger partial charge < -0.3 is 5.32 Å². The van der Waals surface area contributed by atoms with Crippen LogP contribution in [0.5, 0.6) is 0 Å². The molecule has 0 bridgehead atoms. The zero-order chi connectivity index (χ0) is 9.40. The Kier molecular flexibility index (Phi) is 6.39. The topological polar surface area (TPSA) is 12.0 Å². The van der Waals surface area contributed by atoms with Gasteiger partial charge in [-0.2, -0.15) is 0 Å². The second-order valence-electron chi connectivity index (χ2n) is 2.95. The smallest absolute Gasteiger partial charge is 0.00172 e. The average molecular weight is 165 g/mol. The molecule has 0 aromatic carbocycles. The third kappa shape index (κ3) is 4.91. The minimum atomic E-state index is 1.03. The van der Waals surface area contributed by atoms with E-state index in [9.17, 15) is 0 Å². The van der Waals surface area contributed by atoms with E-state index in [0.717, 1.165) is 13.0 Å². The zero-order valence-electron chi connectivity index (χ0n) is 8.35. The Balaban J connectivity index is 3.95. The Labute approximate surface area is 75.9 Å². The molecule has 0 aliphatic carbocycles. The van der Waals surface area contributed by atoms with Crippen molar-refractivity contribution in [3.63, 3.8) is 0 Å². The Bertz CT molecular complexity index is 183. The van der Waals surface area contributed by atoms with Crippen molar-refractivity contribution < 1.29 is 0 Å². The van der Waals surface area contributed by atoms with Gasteiger partial charge in [-0.05, 0) is 39.4 Å². The fourth-order valence-electron chi connectivity index (χ4n) is 0.877. The van der Waals surface area contributed by atoms with Crippen LogP contribution in [0.3, 0.4) is 0 Å². The molecule has 0 atom stereocenters. The first-order chi connectivity index (χ1) is 5.72. The minimum absolute atomic E-state index is 1.03. The second-order valence-corrected chi connectivity index (χ2v) is 2.95. The highest BCUT2D eigenvalue weighted by Crippen LogP contribution is 2.05. The fourth-order valence-corrected chi connectivity index (χ4v) is 0.877. The van der Waals surface area contributed by atoms with Crippen molar-refractivity contribution in [1.29, 1.82) is 0 Å². The quantitative estimate of drug-likeness (QED) is 0.488. The molecule has 0 rings (SSSR count). The summed E-state index contributed by atoms with van der Waals surface area (Å²) in [5, 5.41) is 3.10. The Morgan fingerprint density at radius 1 is 1.42 bits per heavy atom. The van der Waals surface area contributed by atoms with Gasteiger partial charge in [0.25, 0.3) is 0 Å². The number of hydrogen-bond donors (Lipinski definition) is 1. The lowest BCUT2D eigenvalue weighted by molar-refractivity contribution is 0.807. The molecule has 0 aliphatic heterocycles. The van der Waals surface area contributed by atoms with Gasteiger partial charge in [-0.15, -0.1) is 0 Å². The van der Waals surface area contributed by atoms with Crippen LogP contribution in [0.25, 0.3) is 0 Å². The predicted molar refractivity (Wildman–Crippen MR) is 56.3 cm³/mol. The molecule has 0 unspecified atom stereocenters. The number of rotatable bonds is 5. The molecule has 12 heavy (non-hydrogen) atoms. The number of hydrogen-bond acceptors (Lipinski definition) is 1. The maximum absolute atomic E-state index is 3.76. The SMILES string of the molecule is C=CC(/C=C\CCNC)=C(C)C. The van der Waals surface area contributed by atoms with E-state index in [0.29, 0.717) is 0 Å². The van der Waals surface area contributed by atoms with Crippen molar-refractivity contribution >= 4 is 0 Å². The van der Waals surface area contributed by atoms with E-state index in [1.54, 1.807) is 0 Å². The van der Waals surface area contributed by atoms with Crippen LogP contribution >= 0.6 is 0 Å². The van der Waals surface area contributed by atoms with Crippen LogP contribution in [0.1, 0.15) is 20.3 Å². The van der Waals surface area contributed by atoms with Crippen molar-refractivity contribution in [1.82, 2.24) is 5.32 Å². The highest BCUT2D eigenvalue weighted by Gasteiger charge is 1.86. The monoisotopic (exact) mass is 165 g/mol. The largest absolute Gasteiger partial charge is 0.319 e. The van der Waals surface area contributed by atoms with Crippen molar-refractivity contribution in [3.05, 3.63) is 36.0 Å². The molecule has 68 valence electrons. The summed E-state index contributed by atoms with van der Waals surface area (Å²) in [5.74, 6) is 0. The van der Waals surface area contributed by atoms with E-state index in [1.807, 2.05) is 13.1 Å². The lowest BCUT2D eigenvalue weighted by atomic mass is 10.1. The lowest BCUT2D eigenvalue weighted by Gasteiger charge is -1.96. The van der Waals surface area contributed by atoms with Crippen molar-refractivity contribution in [2.75, 3.05) is 13.6 Å². The maximum Gasteiger partial charge on any atom is -0.00172 e. The maximum atomic E-state index is 3.76. The Morgan fingerprint density at radius 3 is 2.50 bits per heavy atom. The van der Waals surface area contributed by atoms with Gasteiger partial charge in [0.2, 0.25) is 0 Å². The fraction of sp³-hybridized carbons (Fsp3) is 0.455. The van der Waals surface area contributed by atoms with Crippen LogP contribution in [0.2, 0.25) is 0 Å². The van der Waals surface area contributed by atoms with E-state index in [4.69, 9.17) is 0 Å². The third-order valence-electron chi connectivity index (χ3n) is 1.66. The summed E-state index contributed by atoms with van der Waals surface area (Å²) in [6.45, 7) is 8.98. The molecule has 0 saturated carbocycles. The summed E-state index contributed by atoms with van der Waals surface area (Å²) in [5.41, 5.74) is 2.54. The third-order valence-corrected chi connectivity index (χ3v) is 1.66. The first-order valence-corrected chi connectivity index (χ1v) is 4.33. The summed E-state index contributed by atoms with van der Waals surface area (Å²) < 4.78 is 0. The van der Waals surface area contributed by atoms with Gasteiger partial charge in [-0.25, -0.2) is 0 Å². The molecule has 1 nitrogen and oxygen atoms in total. The molecule has 0 heterocycles. The molecule has 0 fully saturated rings. The lowest BCUT2D eigenvalue weighted by Crippen LogP contribution is -2.05. The van der Waals surface area contributed by atoms with Crippen molar-refractivity contribution in [3.8, 4) is 0 Å². The normalized spacial score (nSPS) is 10.2. The van der Waals surface area contributed by atoms with Gasteiger partial charge >= 0.3 is 0 Å². The first-order valence-electron chi connectivity index (χ1n) is 4.33. The van der Waals surface area contributed by atoms with E-state index in [-0.39, 0.29) is 0 Å². The molecule has 0 aliphatic rings. The van der Waals surface area contributed by atoms with E-state index < -0.39 is 0 Å². The van der Waals surface area contributed by atoms with Gasteiger partial charge in [0.1, 0.15) is 0 Å². The molecular weight excluding hydrogens is 146 g/mol. The standard InChI is InChI=1S/C11H19N/c1-5-11(10(2)3)8-6-7-9-12-4/h5-6,8,12H,1,7,9H2,2-4H3/b8-6-. The van der Waals surface area contributed by atoms with E-state index in [2.05, 4.69) is 37.9 Å². The number of allylic oxidation sites excluding steroid dienone is 4. The van der Waals surface area contributed by atoms with Crippen molar-refractivity contribution in [2.45, 2.75) is 20.3 Å². The summed E-state index contributed by atoms with van der Waals surface area (Å²) in [6, 6.07) is 0. The van der Waals surface area contributed by atoms with Crippen LogP contribution in [0.15, 0.2) is 36.0 Å². The Morgan fingerprint density at radius 2 is 2.08 bits per heavy atom. The summed E-state index contributed by atoms with van der Waals surface area (Å²) in [7, 11) is 1.96. The van der Waals surface area contributed by atoms with Crippen LogP contribution in [-0.4, -0.2) is 13.6 Å². The van der Waals surface area contributed by atoms with E-state index >= 15 is 0 Å². The summed E-state index contributed by atoms with van der Waals surface area (Å²) >= 11 is 0. The summed E-state index contributed by atoms with van der Waals surface area (Å²) in [6.07, 6.45) is 7.26. The average Bonchev–Trinajstić information content (AvgIpc) is 2.04. The van der Waals surface area contributed by atoms with E-state index in [1.165, 1.54) is 11.1 Å². The van der Waals surface area contributed by atoms with Gasteiger partial charge in [-0.1, -0.05) is 30.4 Å². The highest BCUT2D eigenvalue weighted by molar-refractivity contribution is 5.32. The predicted octanol–water partition coefficient (Wildman–Crippen LogP) is 2.67. The minimum Gasteiger partial charge on any atom is -0.319 e. The molecule has 1 N–H and O–H groups in total. The molecule has 0 aromatic rings. The second kappa shape index (κ2) is 6.86. The molecule has 0 radical (unpaired) electrons. The molecule has 1 heteroatoms. The molecule has 0 amide bonds. The van der Waals surface area contributed by atoms with Gasteiger partial charge in [0, 0.05) is 0 Å². The highest BCUT2D eigenvalue weighted by atomic mass is 14.8. The van der Waals surface area contributed by atoms with Gasteiger partial charge in [0.05, 0.1) is 0 Å². The van der Waals surface area contributed by atoms with Crippen LogP contribution in [0.4, 0.5) is 0 Å². The van der Waals surface area contributed by atoms with Crippen molar-refractivity contribution in [2.24, 2.45) is 0 Å². The zero-order valence-corrected chi connectivity index (χ0v) is 8.35. The summed E-state index contributed by atoms with van der Waals surface area (Å²) in [4.78, 5) is 0. The van der Waals surface area contributed by atoms with Gasteiger partial charge in [0.15, 0.2) is 0 Å². The molecular formula is C11H19N. The molecule has 0 aromatic heterocycles.